The van der Waals surface area contributed by atoms with Crippen LogP contribution >= 0.6 is 60.0 Å². The third kappa shape index (κ3) is 2.93. The number of halogens is 3. The Hall–Kier alpha value is -0.440. The number of rotatable bonds is 2. The third-order valence-electron chi connectivity index (χ3n) is 2.17. The van der Waals surface area contributed by atoms with E-state index in [2.05, 4.69) is 75.5 Å². The summed E-state index contributed by atoms with van der Waals surface area (Å²) < 4.78 is 2.90. The quantitative estimate of drug-likeness (QED) is 0.369. The molecule has 94 valence electrons. The lowest BCUT2D eigenvalue weighted by Crippen LogP contribution is -2.24. The van der Waals surface area contributed by atoms with E-state index in [0.717, 1.165) is 30.0 Å². The number of nitrogens with two attached hydrogens (primary N) is 1. The number of nitrogens with zero attached hydrogens (tertiary/aromatic N) is 1. The smallest absolute Gasteiger partial charge is 0.184 e. The molecule has 0 aliphatic rings. The SMILES string of the molecule is NC(=S)N/N=C/c1[nH]c2cc(Br)c(Br)cc2c1Br. The van der Waals surface area contributed by atoms with Crippen molar-refractivity contribution in [3.05, 3.63) is 31.2 Å². The molecule has 8 heteroatoms. The first-order valence-corrected chi connectivity index (χ1v) is 7.52. The molecule has 1 aromatic heterocycles. The number of hydrazone groups is 1. The molecule has 0 radical (unpaired) electrons. The molecule has 0 unspecified atom stereocenters. The molecule has 2 aromatic rings. The summed E-state index contributed by atoms with van der Waals surface area (Å²) in [5.74, 6) is 0. The van der Waals surface area contributed by atoms with Crippen molar-refractivity contribution in [2.24, 2.45) is 10.8 Å². The third-order valence-corrected chi connectivity index (χ3v) is 4.96. The zero-order chi connectivity index (χ0) is 13.3. The van der Waals surface area contributed by atoms with E-state index < -0.39 is 0 Å². The van der Waals surface area contributed by atoms with Gasteiger partial charge in [0.1, 0.15) is 0 Å². The molecule has 0 fully saturated rings. The van der Waals surface area contributed by atoms with Gasteiger partial charge < -0.3 is 10.7 Å². The molecule has 0 bridgehead atoms. The maximum Gasteiger partial charge on any atom is 0.184 e. The number of aromatic nitrogens is 1. The van der Waals surface area contributed by atoms with Crippen molar-refractivity contribution in [2.75, 3.05) is 0 Å². The molecule has 1 aromatic carbocycles. The van der Waals surface area contributed by atoms with Crippen LogP contribution in [0.25, 0.3) is 10.9 Å². The summed E-state index contributed by atoms with van der Waals surface area (Å²) in [6.07, 6.45) is 1.62. The van der Waals surface area contributed by atoms with Gasteiger partial charge in [0.05, 0.1) is 16.4 Å². The molecule has 4 nitrogen and oxygen atoms in total. The number of nitrogens with one attached hydrogen (secondary N) is 2. The Kier molecular flexibility index (Phi) is 4.41. The molecule has 2 rings (SSSR count). The van der Waals surface area contributed by atoms with Crippen LogP contribution in [-0.2, 0) is 0 Å². The van der Waals surface area contributed by atoms with Crippen molar-refractivity contribution in [3.8, 4) is 0 Å². The van der Waals surface area contributed by atoms with Gasteiger partial charge in [0.25, 0.3) is 0 Å². The van der Waals surface area contributed by atoms with E-state index in [-0.39, 0.29) is 5.11 Å². The summed E-state index contributed by atoms with van der Waals surface area (Å²) in [5, 5.41) is 5.10. The Morgan fingerprint density at radius 3 is 2.67 bits per heavy atom. The van der Waals surface area contributed by atoms with E-state index in [1.165, 1.54) is 0 Å². The summed E-state index contributed by atoms with van der Waals surface area (Å²) >= 11 is 15.1. The lowest BCUT2D eigenvalue weighted by atomic mass is 10.2. The molecule has 0 spiro atoms. The zero-order valence-electron chi connectivity index (χ0n) is 8.80. The second kappa shape index (κ2) is 5.68. The summed E-state index contributed by atoms with van der Waals surface area (Å²) in [7, 11) is 0. The summed E-state index contributed by atoms with van der Waals surface area (Å²) in [6.45, 7) is 0. The molecule has 0 atom stereocenters. The maximum atomic E-state index is 5.28. The van der Waals surface area contributed by atoms with Crippen LogP contribution in [0.2, 0.25) is 0 Å². The van der Waals surface area contributed by atoms with Gasteiger partial charge >= 0.3 is 0 Å². The summed E-state index contributed by atoms with van der Waals surface area (Å²) in [4.78, 5) is 3.23. The predicted molar refractivity (Wildman–Crippen MR) is 88.9 cm³/mol. The molecule has 0 aliphatic heterocycles. The van der Waals surface area contributed by atoms with E-state index >= 15 is 0 Å². The van der Waals surface area contributed by atoms with E-state index in [1.54, 1.807) is 6.21 Å². The largest absolute Gasteiger partial charge is 0.375 e. The van der Waals surface area contributed by atoms with Crippen molar-refractivity contribution in [1.82, 2.24) is 10.4 Å². The van der Waals surface area contributed by atoms with Gasteiger partial charge in [-0.1, -0.05) is 0 Å². The Morgan fingerprint density at radius 1 is 1.33 bits per heavy atom. The summed E-state index contributed by atoms with van der Waals surface area (Å²) in [5.41, 5.74) is 9.62. The van der Waals surface area contributed by atoms with Gasteiger partial charge in [-0.25, -0.2) is 0 Å². The van der Waals surface area contributed by atoms with Crippen LogP contribution in [0.15, 0.2) is 30.7 Å². The highest BCUT2D eigenvalue weighted by atomic mass is 79.9. The molecular formula is C10H7Br3N4S. The van der Waals surface area contributed by atoms with Gasteiger partial charge in [-0.05, 0) is 72.1 Å². The number of fused-ring (bicyclic) bond motifs is 1. The van der Waals surface area contributed by atoms with Crippen LogP contribution in [0.5, 0.6) is 0 Å². The van der Waals surface area contributed by atoms with E-state index in [4.69, 9.17) is 5.73 Å². The fourth-order valence-corrected chi connectivity index (χ4v) is 2.70. The first kappa shape index (κ1) is 14.0. The van der Waals surface area contributed by atoms with E-state index in [1.807, 2.05) is 12.1 Å². The molecule has 1 heterocycles. The topological polar surface area (TPSA) is 66.2 Å². The van der Waals surface area contributed by atoms with Crippen molar-refractivity contribution in [2.45, 2.75) is 0 Å². The number of thiocarbonyl (C=S) groups is 1. The highest BCUT2D eigenvalue weighted by Crippen LogP contribution is 2.33. The number of hydrogen-bond donors (Lipinski definition) is 3. The average molecular weight is 455 g/mol. The molecule has 0 saturated carbocycles. The Balaban J connectivity index is 2.44. The van der Waals surface area contributed by atoms with Crippen LogP contribution in [0.3, 0.4) is 0 Å². The van der Waals surface area contributed by atoms with Crippen molar-refractivity contribution < 1.29 is 0 Å². The molecule has 18 heavy (non-hydrogen) atoms. The molecule has 4 N–H and O–H groups in total. The Bertz CT molecular complexity index is 650. The van der Waals surface area contributed by atoms with Crippen LogP contribution in [-0.4, -0.2) is 16.3 Å². The van der Waals surface area contributed by atoms with Gasteiger partial charge in [0, 0.05) is 19.8 Å². The second-order valence-corrected chi connectivity index (χ2v) is 6.34. The van der Waals surface area contributed by atoms with Gasteiger partial charge in [0.15, 0.2) is 5.11 Å². The van der Waals surface area contributed by atoms with Crippen LogP contribution in [0.1, 0.15) is 5.69 Å². The van der Waals surface area contributed by atoms with E-state index in [9.17, 15) is 0 Å². The van der Waals surface area contributed by atoms with Crippen molar-refractivity contribution in [3.63, 3.8) is 0 Å². The van der Waals surface area contributed by atoms with Gasteiger partial charge in [0.2, 0.25) is 0 Å². The fraction of sp³-hybridized carbons (Fsp3) is 0. The zero-order valence-corrected chi connectivity index (χ0v) is 14.4. The van der Waals surface area contributed by atoms with Gasteiger partial charge in [-0.2, -0.15) is 5.10 Å². The minimum Gasteiger partial charge on any atom is -0.375 e. The Labute approximate surface area is 134 Å². The number of benzene rings is 1. The number of H-pyrrole nitrogens is 1. The standard InChI is InChI=1S/C10H7Br3N4S/c11-5-1-4-7(2-6(5)12)16-8(9(4)13)3-15-17-10(14)18/h1-3,16H,(H3,14,17,18)/b15-3+. The highest BCUT2D eigenvalue weighted by molar-refractivity contribution is 9.13. The molecular weight excluding hydrogens is 448 g/mol. The van der Waals surface area contributed by atoms with Crippen LogP contribution in [0.4, 0.5) is 0 Å². The lowest BCUT2D eigenvalue weighted by molar-refractivity contribution is 1.04. The lowest BCUT2D eigenvalue weighted by Gasteiger charge is -1.96. The van der Waals surface area contributed by atoms with Gasteiger partial charge in [-0.3, -0.25) is 5.43 Å². The second-order valence-electron chi connectivity index (χ2n) is 3.40. The minimum absolute atomic E-state index is 0.129. The average Bonchev–Trinajstić information content (AvgIpc) is 2.57. The highest BCUT2D eigenvalue weighted by Gasteiger charge is 2.09. The molecule has 0 saturated heterocycles. The first-order valence-electron chi connectivity index (χ1n) is 4.73. The monoisotopic (exact) mass is 452 g/mol. The van der Waals surface area contributed by atoms with Crippen LogP contribution < -0.4 is 11.2 Å². The maximum absolute atomic E-state index is 5.28. The number of aromatic amines is 1. The predicted octanol–water partition coefficient (Wildman–Crippen LogP) is 3.62. The summed E-state index contributed by atoms with van der Waals surface area (Å²) in [6, 6.07) is 4.00. The first-order chi connectivity index (χ1) is 8.49. The van der Waals surface area contributed by atoms with Gasteiger partial charge in [-0.15, -0.1) is 0 Å². The minimum atomic E-state index is 0.129. The van der Waals surface area contributed by atoms with E-state index in [0.29, 0.717) is 0 Å². The Morgan fingerprint density at radius 2 is 2.00 bits per heavy atom. The molecule has 0 aliphatic carbocycles. The van der Waals surface area contributed by atoms with Crippen molar-refractivity contribution >= 4 is 82.2 Å². The van der Waals surface area contributed by atoms with Crippen molar-refractivity contribution in [1.29, 1.82) is 0 Å². The number of hydrogen-bond acceptors (Lipinski definition) is 2. The van der Waals surface area contributed by atoms with Crippen LogP contribution in [0, 0.1) is 0 Å². The normalized spacial score (nSPS) is 11.3. The molecule has 0 amide bonds. The fourth-order valence-electron chi connectivity index (χ4n) is 1.43.